The Labute approximate surface area is 326 Å². The van der Waals surface area contributed by atoms with Crippen LogP contribution in [0.25, 0.3) is 0 Å². The summed E-state index contributed by atoms with van der Waals surface area (Å²) >= 11 is 0. The van der Waals surface area contributed by atoms with Gasteiger partial charge in [0.2, 0.25) is 23.6 Å². The zero-order chi connectivity index (χ0) is 39.0. The monoisotopic (exact) mass is 779 g/mol. The highest BCUT2D eigenvalue weighted by Gasteiger charge is 2.32. The van der Waals surface area contributed by atoms with E-state index in [0.717, 1.165) is 88.7 Å². The summed E-state index contributed by atoms with van der Waals surface area (Å²) in [5.74, 6) is -2.18. The second kappa shape index (κ2) is 21.5. The topological polar surface area (TPSA) is 183 Å². The normalized spacial score (nSPS) is 23.8. The molecule has 2 fully saturated rings. The summed E-state index contributed by atoms with van der Waals surface area (Å²) in [6.07, 6.45) is 8.35. The molecule has 14 heteroatoms. The molecule has 8 rings (SSSR count). The summed E-state index contributed by atoms with van der Waals surface area (Å²) in [4.78, 5) is 58.0. The van der Waals surface area contributed by atoms with Crippen LogP contribution in [-0.4, -0.2) is 112 Å². The van der Waals surface area contributed by atoms with Crippen molar-refractivity contribution in [3.63, 3.8) is 0 Å². The summed E-state index contributed by atoms with van der Waals surface area (Å²) in [5.41, 5.74) is 8.43. The van der Waals surface area contributed by atoms with Crippen LogP contribution in [0.4, 0.5) is 11.4 Å². The van der Waals surface area contributed by atoms with E-state index in [4.69, 9.17) is 5.73 Å². The Hall–Kier alpha value is -3.85. The average Bonchev–Trinajstić information content (AvgIpc) is 3.17. The number of amides is 4. The molecule has 1 saturated heterocycles. The largest absolute Gasteiger partial charge is 0.354 e. The van der Waals surface area contributed by atoms with Crippen molar-refractivity contribution in [3.05, 3.63) is 59.7 Å². The second-order valence-corrected chi connectivity index (χ2v) is 17.7. The van der Waals surface area contributed by atoms with Crippen molar-refractivity contribution in [3.8, 4) is 0 Å². The van der Waals surface area contributed by atoms with Gasteiger partial charge in [0.25, 0.3) is 0 Å². The molecule has 55 heavy (non-hydrogen) atoms. The van der Waals surface area contributed by atoms with E-state index in [1.54, 1.807) is 24.3 Å². The number of hydrogen-bond donors (Lipinski definition) is 5. The van der Waals surface area contributed by atoms with Crippen molar-refractivity contribution in [2.75, 3.05) is 74.5 Å². The molecule has 2 aromatic carbocycles. The Bertz CT molecular complexity index is 1660. The van der Waals surface area contributed by atoms with Gasteiger partial charge in [-0.05, 0) is 80.0 Å². The number of fused-ring (bicyclic) bond motifs is 3. The number of unbranched alkanes of at least 4 members (excludes halogenated alkanes) is 2. The number of sulfone groups is 1. The van der Waals surface area contributed by atoms with Crippen LogP contribution in [0.1, 0.15) is 75.3 Å². The molecule has 302 valence electrons. The molecular formula is C41H61N7O6S. The van der Waals surface area contributed by atoms with E-state index < -0.39 is 27.7 Å². The minimum atomic E-state index is -3.61. The van der Waals surface area contributed by atoms with Gasteiger partial charge in [-0.15, -0.1) is 0 Å². The number of benzene rings is 2. The van der Waals surface area contributed by atoms with Crippen molar-refractivity contribution in [2.45, 2.75) is 83.1 Å². The van der Waals surface area contributed by atoms with Crippen molar-refractivity contribution < 1.29 is 27.6 Å². The number of rotatable bonds is 10. The standard InChI is InChI=1S/C41H61N7O6S/c42-19-5-2-6-20-43-41(52)37-28-32-11-15-36(16-12-32)45-39(50)18-22-48-25-23-47(24-26-48)21-17-38(49)44-35-13-9-31(10-14-35)27-34(40(51)46-37)30-55(53,54)29-33-7-3-1-4-8-33/h9-16,33-34,37H,1-8,17-30,42H2,(H,43,52)(H,44,49)(H,45,50)(H,46,51)/t34-,37-/m0/s1. The predicted octanol–water partition coefficient (Wildman–Crippen LogP) is 3.10. The molecule has 0 spiro atoms. The van der Waals surface area contributed by atoms with Crippen LogP contribution in [0.2, 0.25) is 0 Å². The van der Waals surface area contributed by atoms with E-state index in [-0.39, 0.29) is 48.0 Å². The van der Waals surface area contributed by atoms with E-state index in [2.05, 4.69) is 31.1 Å². The van der Waals surface area contributed by atoms with E-state index in [9.17, 15) is 27.6 Å². The van der Waals surface area contributed by atoms with Crippen molar-refractivity contribution >= 4 is 44.8 Å². The minimum Gasteiger partial charge on any atom is -0.354 e. The maximum absolute atomic E-state index is 14.2. The lowest BCUT2D eigenvalue weighted by Crippen LogP contribution is -2.51. The van der Waals surface area contributed by atoms with Gasteiger partial charge in [-0.3, -0.25) is 19.2 Å². The molecule has 0 radical (unpaired) electrons. The number of carbonyl (C=O) groups excluding carboxylic acids is 4. The predicted molar refractivity (Wildman–Crippen MR) is 216 cm³/mol. The fourth-order valence-electron chi connectivity index (χ4n) is 7.77. The molecule has 1 saturated carbocycles. The highest BCUT2D eigenvalue weighted by molar-refractivity contribution is 7.91. The Morgan fingerprint density at radius 3 is 1.80 bits per heavy atom. The zero-order valence-electron chi connectivity index (χ0n) is 32.2. The first-order chi connectivity index (χ1) is 26.5. The molecule has 6 N–H and O–H groups in total. The van der Waals surface area contributed by atoms with Crippen LogP contribution >= 0.6 is 0 Å². The van der Waals surface area contributed by atoms with Crippen LogP contribution in [0.5, 0.6) is 0 Å². The molecule has 13 nitrogen and oxygen atoms in total. The number of piperazine rings is 1. The minimum absolute atomic E-state index is 0.0486. The van der Waals surface area contributed by atoms with Gasteiger partial charge in [0.05, 0.1) is 17.4 Å². The van der Waals surface area contributed by atoms with Gasteiger partial charge in [-0.25, -0.2) is 8.42 Å². The van der Waals surface area contributed by atoms with Gasteiger partial charge in [-0.1, -0.05) is 49.9 Å². The Kier molecular flexibility index (Phi) is 16.5. The lowest BCUT2D eigenvalue weighted by atomic mass is 9.91. The number of hydrogen-bond acceptors (Lipinski definition) is 9. The smallest absolute Gasteiger partial charge is 0.242 e. The summed E-state index contributed by atoms with van der Waals surface area (Å²) < 4.78 is 27.3. The number of anilines is 2. The molecule has 1 aliphatic carbocycles. The number of carbonyl (C=O) groups is 4. The van der Waals surface area contributed by atoms with Gasteiger partial charge in [-0.2, -0.15) is 0 Å². The SMILES string of the molecule is NCCCCCNC(=O)[C@@H]1Cc2ccc(cc2)NC(=O)CCN2CCN(CCC(=O)Nc3ccc(cc3)C[C@@H](CS(=O)(=O)CC3CCCCC3)C(=O)N1)CC2. The molecule has 2 atom stereocenters. The number of nitrogens with zero attached hydrogens (tertiary/aromatic N) is 2. The molecule has 5 heterocycles. The molecule has 6 aliphatic rings. The molecule has 5 aliphatic heterocycles. The van der Waals surface area contributed by atoms with Gasteiger partial charge in [0.1, 0.15) is 6.04 Å². The van der Waals surface area contributed by atoms with Crippen LogP contribution in [0, 0.1) is 11.8 Å². The van der Waals surface area contributed by atoms with Crippen molar-refractivity contribution in [2.24, 2.45) is 17.6 Å². The van der Waals surface area contributed by atoms with E-state index in [1.807, 2.05) is 24.3 Å². The first-order valence-corrected chi connectivity index (χ1v) is 22.1. The summed E-state index contributed by atoms with van der Waals surface area (Å²) in [6.45, 7) is 5.57. The van der Waals surface area contributed by atoms with Crippen molar-refractivity contribution in [1.29, 1.82) is 0 Å². The molecular weight excluding hydrogens is 719 g/mol. The van der Waals surface area contributed by atoms with Gasteiger partial charge in [0, 0.05) is 76.5 Å². The van der Waals surface area contributed by atoms with Crippen LogP contribution in [0.15, 0.2) is 48.5 Å². The fourth-order valence-corrected chi connectivity index (χ4v) is 9.84. The average molecular weight is 780 g/mol. The summed E-state index contributed by atoms with van der Waals surface area (Å²) in [6, 6.07) is 13.5. The lowest BCUT2D eigenvalue weighted by Gasteiger charge is -2.34. The van der Waals surface area contributed by atoms with E-state index >= 15 is 0 Å². The quantitative estimate of drug-likeness (QED) is 0.227. The number of nitrogens with two attached hydrogens (primary N) is 1. The van der Waals surface area contributed by atoms with Crippen molar-refractivity contribution in [1.82, 2.24) is 20.4 Å². The lowest BCUT2D eigenvalue weighted by molar-refractivity contribution is -0.130. The molecule has 4 amide bonds. The Balaban J connectivity index is 1.38. The molecule has 0 aromatic heterocycles. The third-order valence-corrected chi connectivity index (χ3v) is 12.9. The summed E-state index contributed by atoms with van der Waals surface area (Å²) in [7, 11) is -3.61. The molecule has 2 aromatic rings. The first kappa shape index (κ1) is 42.3. The third kappa shape index (κ3) is 14.6. The van der Waals surface area contributed by atoms with Crippen LogP contribution in [-0.2, 0) is 41.9 Å². The number of nitrogens with one attached hydrogen (secondary N) is 4. The maximum Gasteiger partial charge on any atom is 0.242 e. The third-order valence-electron chi connectivity index (χ3n) is 11.0. The fraction of sp³-hybridized carbons (Fsp3) is 0.610. The maximum atomic E-state index is 14.2. The van der Waals surface area contributed by atoms with E-state index in [0.29, 0.717) is 50.4 Å². The zero-order valence-corrected chi connectivity index (χ0v) is 33.1. The highest BCUT2D eigenvalue weighted by Crippen LogP contribution is 2.26. The van der Waals surface area contributed by atoms with Gasteiger partial charge < -0.3 is 36.8 Å². The van der Waals surface area contributed by atoms with E-state index in [1.165, 1.54) is 0 Å². The summed E-state index contributed by atoms with van der Waals surface area (Å²) in [5, 5.41) is 11.8. The second-order valence-electron chi connectivity index (χ2n) is 15.6. The first-order valence-electron chi connectivity index (χ1n) is 20.3. The van der Waals surface area contributed by atoms with Gasteiger partial charge in [0.15, 0.2) is 9.84 Å². The van der Waals surface area contributed by atoms with Gasteiger partial charge >= 0.3 is 0 Å². The molecule has 6 bridgehead atoms. The Morgan fingerprint density at radius 1 is 0.709 bits per heavy atom. The molecule has 0 unspecified atom stereocenters. The highest BCUT2D eigenvalue weighted by atomic mass is 32.2. The van der Waals surface area contributed by atoms with Crippen LogP contribution < -0.4 is 27.0 Å². The van der Waals surface area contributed by atoms with Crippen LogP contribution in [0.3, 0.4) is 0 Å². The Morgan fingerprint density at radius 2 is 1.25 bits per heavy atom.